The average Bonchev–Trinajstić information content (AvgIpc) is 2.37. The highest BCUT2D eigenvalue weighted by Gasteiger charge is 2.01. The summed E-state index contributed by atoms with van der Waals surface area (Å²) in [6, 6.07) is 16.2. The Morgan fingerprint density at radius 3 is 2.18 bits per heavy atom. The number of halogens is 1. The monoisotopic (exact) mass is 284 g/mol. The van der Waals surface area contributed by atoms with E-state index in [1.54, 1.807) is 0 Å². The van der Waals surface area contributed by atoms with E-state index < -0.39 is 0 Å². The van der Waals surface area contributed by atoms with E-state index in [-0.39, 0.29) is 0 Å². The molecule has 2 heteroatoms. The Kier molecular flexibility index (Phi) is 2.45. The molecule has 0 amide bonds. The largest absolute Gasteiger partial charge is 0.298 e. The van der Waals surface area contributed by atoms with Crippen LogP contribution in [0.1, 0.15) is 10.4 Å². The third kappa shape index (κ3) is 1.75. The summed E-state index contributed by atoms with van der Waals surface area (Å²) < 4.78 is 1.08. The third-order valence-electron chi connectivity index (χ3n) is 2.96. The maximum absolute atomic E-state index is 10.8. The highest BCUT2D eigenvalue weighted by atomic mass is 79.9. The summed E-state index contributed by atoms with van der Waals surface area (Å²) in [7, 11) is 0. The lowest BCUT2D eigenvalue weighted by molar-refractivity contribution is 0.112. The number of benzene rings is 3. The van der Waals surface area contributed by atoms with Gasteiger partial charge < -0.3 is 0 Å². The molecule has 0 aliphatic carbocycles. The van der Waals surface area contributed by atoms with Gasteiger partial charge >= 0.3 is 0 Å². The van der Waals surface area contributed by atoms with Crippen LogP contribution in [-0.4, -0.2) is 6.29 Å². The van der Waals surface area contributed by atoms with Crippen molar-refractivity contribution < 1.29 is 4.79 Å². The smallest absolute Gasteiger partial charge is 0.150 e. The highest BCUT2D eigenvalue weighted by Crippen LogP contribution is 2.28. The maximum Gasteiger partial charge on any atom is 0.150 e. The lowest BCUT2D eigenvalue weighted by Crippen LogP contribution is -1.82. The molecule has 0 N–H and O–H groups in total. The number of carbonyl (C=O) groups is 1. The van der Waals surface area contributed by atoms with E-state index in [9.17, 15) is 4.79 Å². The molecular formula is C15H9BrO. The zero-order valence-electron chi connectivity index (χ0n) is 8.98. The molecule has 0 spiro atoms. The van der Waals surface area contributed by atoms with Gasteiger partial charge in [0.2, 0.25) is 0 Å². The van der Waals surface area contributed by atoms with Crippen molar-refractivity contribution in [1.29, 1.82) is 0 Å². The lowest BCUT2D eigenvalue weighted by atomic mass is 10.0. The van der Waals surface area contributed by atoms with Crippen molar-refractivity contribution in [3.05, 3.63) is 58.6 Å². The first-order valence-electron chi connectivity index (χ1n) is 5.35. The van der Waals surface area contributed by atoms with Crippen molar-refractivity contribution in [2.75, 3.05) is 0 Å². The summed E-state index contributed by atoms with van der Waals surface area (Å²) in [5.41, 5.74) is 0.717. The van der Waals surface area contributed by atoms with Crippen LogP contribution in [0.3, 0.4) is 0 Å². The molecule has 3 aromatic rings. The number of fused-ring (bicyclic) bond motifs is 3. The van der Waals surface area contributed by atoms with Crippen molar-refractivity contribution >= 4 is 43.8 Å². The van der Waals surface area contributed by atoms with E-state index in [1.807, 2.05) is 24.3 Å². The van der Waals surface area contributed by atoms with Gasteiger partial charge in [-0.15, -0.1) is 0 Å². The molecule has 0 saturated heterocycles. The fraction of sp³-hybridized carbons (Fsp3) is 0. The van der Waals surface area contributed by atoms with Crippen LogP contribution in [0.4, 0.5) is 0 Å². The topological polar surface area (TPSA) is 17.1 Å². The number of hydrogen-bond acceptors (Lipinski definition) is 1. The third-order valence-corrected chi connectivity index (χ3v) is 3.45. The molecule has 0 aliphatic rings. The minimum atomic E-state index is 0.717. The molecule has 0 atom stereocenters. The van der Waals surface area contributed by atoms with Crippen molar-refractivity contribution in [3.63, 3.8) is 0 Å². The summed E-state index contributed by atoms with van der Waals surface area (Å²) in [5.74, 6) is 0. The lowest BCUT2D eigenvalue weighted by Gasteiger charge is -2.04. The van der Waals surface area contributed by atoms with Crippen LogP contribution in [0.5, 0.6) is 0 Å². The van der Waals surface area contributed by atoms with Gasteiger partial charge in [-0.2, -0.15) is 0 Å². The minimum absolute atomic E-state index is 0.717. The fourth-order valence-corrected chi connectivity index (χ4v) is 2.51. The minimum Gasteiger partial charge on any atom is -0.298 e. The molecule has 0 saturated carbocycles. The van der Waals surface area contributed by atoms with Gasteiger partial charge in [0, 0.05) is 10.0 Å². The first-order valence-corrected chi connectivity index (χ1v) is 6.14. The number of aldehydes is 1. The van der Waals surface area contributed by atoms with Gasteiger partial charge in [-0.25, -0.2) is 0 Å². The molecule has 0 heterocycles. The molecular weight excluding hydrogens is 276 g/mol. The summed E-state index contributed by atoms with van der Waals surface area (Å²) in [6.45, 7) is 0. The number of carbonyl (C=O) groups excluding carboxylic acids is 1. The van der Waals surface area contributed by atoms with Crippen LogP contribution in [0.25, 0.3) is 21.5 Å². The van der Waals surface area contributed by atoms with E-state index >= 15 is 0 Å². The second-order valence-electron chi connectivity index (χ2n) is 4.03. The molecule has 0 aromatic heterocycles. The average molecular weight is 285 g/mol. The van der Waals surface area contributed by atoms with Crippen LogP contribution in [-0.2, 0) is 0 Å². The van der Waals surface area contributed by atoms with Gasteiger partial charge in [-0.3, -0.25) is 4.79 Å². The normalized spacial score (nSPS) is 10.9. The zero-order chi connectivity index (χ0) is 11.8. The predicted molar refractivity (Wildman–Crippen MR) is 74.5 cm³/mol. The Balaban J connectivity index is 2.44. The molecule has 0 bridgehead atoms. The van der Waals surface area contributed by atoms with Gasteiger partial charge in [0.15, 0.2) is 0 Å². The van der Waals surface area contributed by atoms with E-state index in [1.165, 1.54) is 16.2 Å². The summed E-state index contributed by atoms with van der Waals surface area (Å²) in [6.07, 6.45) is 0.880. The Morgan fingerprint density at radius 2 is 1.47 bits per heavy atom. The summed E-state index contributed by atoms with van der Waals surface area (Å²) >= 11 is 3.47. The van der Waals surface area contributed by atoms with Crippen molar-refractivity contribution in [3.8, 4) is 0 Å². The Morgan fingerprint density at radius 1 is 0.824 bits per heavy atom. The van der Waals surface area contributed by atoms with E-state index in [0.29, 0.717) is 5.56 Å². The second kappa shape index (κ2) is 3.97. The van der Waals surface area contributed by atoms with Crippen molar-refractivity contribution in [1.82, 2.24) is 0 Å². The van der Waals surface area contributed by atoms with Crippen LogP contribution < -0.4 is 0 Å². The Labute approximate surface area is 107 Å². The molecule has 0 unspecified atom stereocenters. The molecule has 1 nitrogen and oxygen atoms in total. The fourth-order valence-electron chi connectivity index (χ4n) is 2.13. The predicted octanol–water partition coefficient (Wildman–Crippen LogP) is 4.57. The molecule has 0 aliphatic heterocycles. The van der Waals surface area contributed by atoms with Gasteiger partial charge in [0.1, 0.15) is 6.29 Å². The van der Waals surface area contributed by atoms with Crippen molar-refractivity contribution in [2.45, 2.75) is 0 Å². The standard InChI is InChI=1S/C15H9BrO/c16-13-4-6-15-12(8-13)3-2-11-7-10(9-17)1-5-14(11)15/h1-9H. The van der Waals surface area contributed by atoms with Crippen LogP contribution in [0, 0.1) is 0 Å². The Hall–Kier alpha value is -1.67. The summed E-state index contributed by atoms with van der Waals surface area (Å²) in [5, 5.41) is 4.69. The molecule has 17 heavy (non-hydrogen) atoms. The molecule has 82 valence electrons. The van der Waals surface area contributed by atoms with Gasteiger partial charge in [0.05, 0.1) is 0 Å². The van der Waals surface area contributed by atoms with Crippen molar-refractivity contribution in [2.24, 2.45) is 0 Å². The molecule has 0 radical (unpaired) electrons. The number of rotatable bonds is 1. The summed E-state index contributed by atoms with van der Waals surface area (Å²) in [4.78, 5) is 10.8. The van der Waals surface area contributed by atoms with E-state index in [4.69, 9.17) is 0 Å². The first kappa shape index (κ1) is 10.5. The molecule has 3 aromatic carbocycles. The van der Waals surface area contributed by atoms with Crippen LogP contribution >= 0.6 is 15.9 Å². The second-order valence-corrected chi connectivity index (χ2v) is 4.95. The van der Waals surface area contributed by atoms with E-state index in [0.717, 1.165) is 16.1 Å². The number of hydrogen-bond donors (Lipinski definition) is 0. The van der Waals surface area contributed by atoms with Crippen LogP contribution in [0.2, 0.25) is 0 Å². The molecule has 3 rings (SSSR count). The maximum atomic E-state index is 10.8. The van der Waals surface area contributed by atoms with Gasteiger partial charge in [-0.1, -0.05) is 46.3 Å². The molecule has 0 fully saturated rings. The van der Waals surface area contributed by atoms with Crippen LogP contribution in [0.15, 0.2) is 53.0 Å². The highest BCUT2D eigenvalue weighted by molar-refractivity contribution is 9.10. The van der Waals surface area contributed by atoms with Gasteiger partial charge in [-0.05, 0) is 39.7 Å². The van der Waals surface area contributed by atoms with Gasteiger partial charge in [0.25, 0.3) is 0 Å². The quantitative estimate of drug-likeness (QED) is 0.473. The SMILES string of the molecule is O=Cc1ccc2c(ccc3cc(Br)ccc32)c1. The van der Waals surface area contributed by atoms with E-state index in [2.05, 4.69) is 40.2 Å². The Bertz CT molecular complexity index is 731. The zero-order valence-corrected chi connectivity index (χ0v) is 10.6. The first-order chi connectivity index (χ1) is 8.28.